The molecule has 0 fully saturated rings. The molecule has 0 atom stereocenters. The first kappa shape index (κ1) is 9.48. The molecule has 0 aliphatic carbocycles. The molecule has 0 saturated heterocycles. The number of hydrogen-bond acceptors (Lipinski definition) is 2. The summed E-state index contributed by atoms with van der Waals surface area (Å²) in [5.41, 5.74) is 2.64. The van der Waals surface area contributed by atoms with Crippen molar-refractivity contribution in [2.45, 2.75) is 13.5 Å². The topological polar surface area (TPSA) is 24.1 Å². The number of rotatable bonds is 2. The minimum atomic E-state index is 0.695. The maximum atomic E-state index is 4.95. The Morgan fingerprint density at radius 1 is 1.58 bits per heavy atom. The van der Waals surface area contributed by atoms with Gasteiger partial charge in [-0.3, -0.25) is 0 Å². The molecule has 1 aromatic heterocycles. The maximum absolute atomic E-state index is 4.95. The Morgan fingerprint density at radius 2 is 2.33 bits per heavy atom. The van der Waals surface area contributed by atoms with Crippen LogP contribution in [0.15, 0.2) is 10.8 Å². The molecule has 0 aromatic carbocycles. The fraction of sp³-hybridized carbons (Fsp3) is 0.375. The van der Waals surface area contributed by atoms with E-state index < -0.39 is 0 Å². The van der Waals surface area contributed by atoms with E-state index in [0.717, 1.165) is 6.54 Å². The van der Waals surface area contributed by atoms with Gasteiger partial charge in [-0.25, -0.2) is 0 Å². The highest BCUT2D eigenvalue weighted by atomic mass is 32.1. The Balaban J connectivity index is 2.43. The molecule has 0 radical (unpaired) electrons. The van der Waals surface area contributed by atoms with Crippen LogP contribution in [0.25, 0.3) is 0 Å². The van der Waals surface area contributed by atoms with Crippen molar-refractivity contribution >= 4 is 28.7 Å². The first-order valence-electron chi connectivity index (χ1n) is 3.71. The lowest BCUT2D eigenvalue weighted by molar-refractivity contribution is 0.888. The Morgan fingerprint density at radius 3 is 2.83 bits per heavy atom. The molecule has 0 bridgehead atoms. The molecule has 0 spiro atoms. The Hall–Kier alpha value is -0.610. The van der Waals surface area contributed by atoms with E-state index in [1.54, 1.807) is 11.3 Å². The third-order valence-corrected chi connectivity index (χ3v) is 2.89. The number of hydrogen-bond donors (Lipinski definition) is 2. The van der Waals surface area contributed by atoms with Gasteiger partial charge in [0, 0.05) is 13.6 Å². The van der Waals surface area contributed by atoms with Crippen LogP contribution in [0.1, 0.15) is 11.1 Å². The summed E-state index contributed by atoms with van der Waals surface area (Å²) in [6.07, 6.45) is 0. The predicted octanol–water partition coefficient (Wildman–Crippen LogP) is 1.65. The van der Waals surface area contributed by atoms with Crippen LogP contribution < -0.4 is 10.6 Å². The molecule has 0 amide bonds. The summed E-state index contributed by atoms with van der Waals surface area (Å²) >= 11 is 6.67. The van der Waals surface area contributed by atoms with E-state index >= 15 is 0 Å². The molecule has 0 unspecified atom stereocenters. The minimum Gasteiger partial charge on any atom is -0.366 e. The van der Waals surface area contributed by atoms with E-state index in [0.29, 0.717) is 5.11 Å². The van der Waals surface area contributed by atoms with Gasteiger partial charge in [0.15, 0.2) is 5.11 Å². The van der Waals surface area contributed by atoms with Gasteiger partial charge >= 0.3 is 0 Å². The monoisotopic (exact) mass is 200 g/mol. The van der Waals surface area contributed by atoms with Crippen molar-refractivity contribution in [3.63, 3.8) is 0 Å². The normalized spacial score (nSPS) is 9.50. The van der Waals surface area contributed by atoms with Crippen LogP contribution in [-0.2, 0) is 6.54 Å². The second kappa shape index (κ2) is 4.42. The zero-order valence-corrected chi connectivity index (χ0v) is 8.81. The molecule has 2 nitrogen and oxygen atoms in total. The summed E-state index contributed by atoms with van der Waals surface area (Å²) in [6.45, 7) is 2.92. The third kappa shape index (κ3) is 2.46. The van der Waals surface area contributed by atoms with E-state index in [1.807, 2.05) is 7.05 Å². The zero-order chi connectivity index (χ0) is 8.97. The second-order valence-corrected chi connectivity index (χ2v) is 3.66. The van der Waals surface area contributed by atoms with E-state index in [1.165, 1.54) is 11.1 Å². The van der Waals surface area contributed by atoms with Gasteiger partial charge in [0.2, 0.25) is 0 Å². The van der Waals surface area contributed by atoms with Gasteiger partial charge in [-0.2, -0.15) is 11.3 Å². The fourth-order valence-electron chi connectivity index (χ4n) is 0.832. The lowest BCUT2D eigenvalue weighted by Gasteiger charge is -2.05. The Kier molecular flexibility index (Phi) is 3.49. The summed E-state index contributed by atoms with van der Waals surface area (Å²) in [5, 5.41) is 10.9. The van der Waals surface area contributed by atoms with Gasteiger partial charge in [-0.1, -0.05) is 0 Å². The van der Waals surface area contributed by atoms with Crippen molar-refractivity contribution < 1.29 is 0 Å². The highest BCUT2D eigenvalue weighted by Crippen LogP contribution is 2.12. The molecule has 66 valence electrons. The van der Waals surface area contributed by atoms with Gasteiger partial charge < -0.3 is 10.6 Å². The lowest BCUT2D eigenvalue weighted by atomic mass is 10.2. The quantitative estimate of drug-likeness (QED) is 0.710. The minimum absolute atomic E-state index is 0.695. The summed E-state index contributed by atoms with van der Waals surface area (Å²) in [4.78, 5) is 0. The summed E-state index contributed by atoms with van der Waals surface area (Å²) < 4.78 is 0. The SMILES string of the molecule is CNC(=S)NCc1cscc1C. The average Bonchev–Trinajstić information content (AvgIpc) is 2.47. The van der Waals surface area contributed by atoms with Gasteiger partial charge in [0.25, 0.3) is 0 Å². The highest BCUT2D eigenvalue weighted by Gasteiger charge is 1.98. The second-order valence-electron chi connectivity index (χ2n) is 2.51. The van der Waals surface area contributed by atoms with Crippen LogP contribution in [0.4, 0.5) is 0 Å². The van der Waals surface area contributed by atoms with Crippen LogP contribution >= 0.6 is 23.6 Å². The average molecular weight is 200 g/mol. The third-order valence-electron chi connectivity index (χ3n) is 1.63. The van der Waals surface area contributed by atoms with E-state index in [-0.39, 0.29) is 0 Å². The number of thiophene rings is 1. The van der Waals surface area contributed by atoms with E-state index in [4.69, 9.17) is 12.2 Å². The van der Waals surface area contributed by atoms with Gasteiger partial charge in [-0.15, -0.1) is 0 Å². The van der Waals surface area contributed by atoms with Crippen LogP contribution in [-0.4, -0.2) is 12.2 Å². The fourth-order valence-corrected chi connectivity index (χ4v) is 1.76. The Bertz CT molecular complexity index is 268. The number of nitrogens with one attached hydrogen (secondary N) is 2. The van der Waals surface area contributed by atoms with Crippen molar-refractivity contribution in [1.29, 1.82) is 0 Å². The van der Waals surface area contributed by atoms with E-state index in [2.05, 4.69) is 28.3 Å². The molecule has 12 heavy (non-hydrogen) atoms. The first-order valence-corrected chi connectivity index (χ1v) is 5.06. The zero-order valence-electron chi connectivity index (χ0n) is 7.18. The lowest BCUT2D eigenvalue weighted by Crippen LogP contribution is -2.31. The van der Waals surface area contributed by atoms with Gasteiger partial charge in [-0.05, 0) is 41.0 Å². The molecular weight excluding hydrogens is 188 g/mol. The van der Waals surface area contributed by atoms with Gasteiger partial charge in [0.05, 0.1) is 0 Å². The van der Waals surface area contributed by atoms with Crippen molar-refractivity contribution in [1.82, 2.24) is 10.6 Å². The summed E-state index contributed by atoms with van der Waals surface area (Å²) in [5.74, 6) is 0. The van der Waals surface area contributed by atoms with Crippen molar-refractivity contribution in [2.24, 2.45) is 0 Å². The van der Waals surface area contributed by atoms with Crippen molar-refractivity contribution in [3.05, 3.63) is 21.9 Å². The molecule has 0 saturated carbocycles. The van der Waals surface area contributed by atoms with Crippen LogP contribution in [0.5, 0.6) is 0 Å². The smallest absolute Gasteiger partial charge is 0.166 e. The predicted molar refractivity (Wildman–Crippen MR) is 57.6 cm³/mol. The molecule has 0 aliphatic rings. The van der Waals surface area contributed by atoms with Crippen LogP contribution in [0.2, 0.25) is 0 Å². The van der Waals surface area contributed by atoms with Crippen molar-refractivity contribution in [2.75, 3.05) is 7.05 Å². The summed E-state index contributed by atoms with van der Waals surface area (Å²) in [7, 11) is 1.82. The first-order chi connectivity index (χ1) is 5.74. The van der Waals surface area contributed by atoms with Crippen LogP contribution in [0.3, 0.4) is 0 Å². The number of thiocarbonyl (C=S) groups is 1. The largest absolute Gasteiger partial charge is 0.366 e. The molecule has 1 rings (SSSR count). The maximum Gasteiger partial charge on any atom is 0.166 e. The number of aryl methyl sites for hydroxylation is 1. The van der Waals surface area contributed by atoms with Gasteiger partial charge in [0.1, 0.15) is 0 Å². The molecule has 1 heterocycles. The van der Waals surface area contributed by atoms with Crippen LogP contribution in [0, 0.1) is 6.92 Å². The molecular formula is C8H12N2S2. The van der Waals surface area contributed by atoms with Crippen molar-refractivity contribution in [3.8, 4) is 0 Å². The molecule has 0 aliphatic heterocycles. The highest BCUT2D eigenvalue weighted by molar-refractivity contribution is 7.80. The standard InChI is InChI=1S/C8H12N2S2/c1-6-4-12-5-7(6)3-10-8(11)9-2/h4-5H,3H2,1-2H3,(H2,9,10,11). The molecule has 1 aromatic rings. The summed E-state index contributed by atoms with van der Waals surface area (Å²) in [6, 6.07) is 0. The Labute approximate surface area is 82.0 Å². The molecule has 4 heteroatoms. The van der Waals surface area contributed by atoms with E-state index in [9.17, 15) is 0 Å². The molecule has 2 N–H and O–H groups in total.